The number of aromatic amines is 1. The van der Waals surface area contributed by atoms with Crippen LogP contribution in [-0.2, 0) is 6.42 Å². The van der Waals surface area contributed by atoms with Gasteiger partial charge in [0, 0.05) is 13.0 Å². The third-order valence-electron chi connectivity index (χ3n) is 2.94. The Morgan fingerprint density at radius 3 is 3.00 bits per heavy atom. The molecule has 2 N–H and O–H groups in total. The first kappa shape index (κ1) is 14.0. The second-order valence-electron chi connectivity index (χ2n) is 4.50. The first-order valence-electron chi connectivity index (χ1n) is 6.48. The maximum Gasteiger partial charge on any atom is 0.255 e. The van der Waals surface area contributed by atoms with Crippen molar-refractivity contribution in [3.8, 4) is 5.75 Å². The summed E-state index contributed by atoms with van der Waals surface area (Å²) in [7, 11) is 1.56. The number of methoxy groups -OCH3 is 1. The molecule has 1 aromatic carbocycles. The van der Waals surface area contributed by atoms with Crippen LogP contribution in [0.15, 0.2) is 24.5 Å². The van der Waals surface area contributed by atoms with Crippen molar-refractivity contribution < 1.29 is 9.53 Å². The molecule has 0 saturated carbocycles. The lowest BCUT2D eigenvalue weighted by atomic mass is 10.1. The fraction of sp³-hybridized carbons (Fsp3) is 0.357. The van der Waals surface area contributed by atoms with Gasteiger partial charge in [-0.2, -0.15) is 5.10 Å². The Morgan fingerprint density at radius 2 is 2.30 bits per heavy atom. The van der Waals surface area contributed by atoms with Crippen LogP contribution in [0.4, 0.5) is 0 Å². The van der Waals surface area contributed by atoms with E-state index in [9.17, 15) is 4.79 Å². The molecule has 0 unspecified atom stereocenters. The number of rotatable bonds is 6. The Kier molecular flexibility index (Phi) is 4.70. The van der Waals surface area contributed by atoms with Crippen molar-refractivity contribution in [2.45, 2.75) is 19.8 Å². The zero-order chi connectivity index (χ0) is 14.4. The summed E-state index contributed by atoms with van der Waals surface area (Å²) in [4.78, 5) is 16.1. The predicted molar refractivity (Wildman–Crippen MR) is 74.8 cm³/mol. The van der Waals surface area contributed by atoms with E-state index in [2.05, 4.69) is 20.5 Å². The van der Waals surface area contributed by atoms with Gasteiger partial charge in [-0.05, 0) is 25.5 Å². The van der Waals surface area contributed by atoms with Gasteiger partial charge in [-0.15, -0.1) is 0 Å². The number of aromatic nitrogens is 3. The molecule has 0 aliphatic rings. The van der Waals surface area contributed by atoms with Crippen molar-refractivity contribution >= 4 is 5.91 Å². The van der Waals surface area contributed by atoms with Crippen LogP contribution in [0.25, 0.3) is 0 Å². The zero-order valence-electron chi connectivity index (χ0n) is 11.6. The lowest BCUT2D eigenvalue weighted by Gasteiger charge is -2.09. The molecule has 0 fully saturated rings. The normalized spacial score (nSPS) is 10.3. The number of carbonyl (C=O) groups excluding carboxylic acids is 1. The first-order chi connectivity index (χ1) is 9.70. The molecule has 0 aliphatic heterocycles. The standard InChI is InChI=1S/C14H18N4O2/c1-10-5-6-12(20-2)11(8-10)14(19)15-7-3-4-13-16-9-17-18-13/h5-6,8-9H,3-4,7H2,1-2H3,(H,15,19)(H,16,17,18). The number of nitrogens with one attached hydrogen (secondary N) is 2. The molecule has 1 amide bonds. The van der Waals surface area contributed by atoms with Gasteiger partial charge in [0.25, 0.3) is 5.91 Å². The van der Waals surface area contributed by atoms with Crippen LogP contribution in [0.3, 0.4) is 0 Å². The van der Waals surface area contributed by atoms with E-state index in [1.165, 1.54) is 6.33 Å². The Hall–Kier alpha value is -2.37. The second-order valence-corrected chi connectivity index (χ2v) is 4.50. The van der Waals surface area contributed by atoms with E-state index in [-0.39, 0.29) is 5.91 Å². The van der Waals surface area contributed by atoms with E-state index in [0.29, 0.717) is 17.9 Å². The maximum atomic E-state index is 12.1. The summed E-state index contributed by atoms with van der Waals surface area (Å²) in [5, 5.41) is 9.45. The Morgan fingerprint density at radius 1 is 1.45 bits per heavy atom. The van der Waals surface area contributed by atoms with Crippen LogP contribution >= 0.6 is 0 Å². The minimum Gasteiger partial charge on any atom is -0.496 e. The summed E-state index contributed by atoms with van der Waals surface area (Å²) in [6, 6.07) is 5.54. The molecule has 0 spiro atoms. The lowest BCUT2D eigenvalue weighted by Crippen LogP contribution is -2.25. The van der Waals surface area contributed by atoms with Crippen molar-refractivity contribution in [3.05, 3.63) is 41.5 Å². The number of hydrogen-bond donors (Lipinski definition) is 2. The molecule has 6 nitrogen and oxygen atoms in total. The fourth-order valence-corrected chi connectivity index (χ4v) is 1.90. The highest BCUT2D eigenvalue weighted by Gasteiger charge is 2.11. The van der Waals surface area contributed by atoms with Crippen molar-refractivity contribution in [1.82, 2.24) is 20.5 Å². The van der Waals surface area contributed by atoms with Crippen LogP contribution in [0.2, 0.25) is 0 Å². The van der Waals surface area contributed by atoms with Crippen LogP contribution in [0.1, 0.15) is 28.2 Å². The number of ether oxygens (including phenoxy) is 1. The molecule has 1 heterocycles. The number of aryl methyl sites for hydroxylation is 2. The molecule has 2 rings (SSSR count). The molecule has 0 saturated heterocycles. The van der Waals surface area contributed by atoms with Gasteiger partial charge in [-0.3, -0.25) is 9.89 Å². The van der Waals surface area contributed by atoms with E-state index >= 15 is 0 Å². The summed E-state index contributed by atoms with van der Waals surface area (Å²) in [6.45, 7) is 2.52. The third-order valence-corrected chi connectivity index (χ3v) is 2.94. The summed E-state index contributed by atoms with van der Waals surface area (Å²) in [6.07, 6.45) is 3.03. The average molecular weight is 274 g/mol. The number of benzene rings is 1. The van der Waals surface area contributed by atoms with Crippen LogP contribution in [0, 0.1) is 6.92 Å². The largest absolute Gasteiger partial charge is 0.496 e. The molecule has 106 valence electrons. The molecular weight excluding hydrogens is 256 g/mol. The van der Waals surface area contributed by atoms with E-state index < -0.39 is 0 Å². The van der Waals surface area contributed by atoms with Crippen LogP contribution < -0.4 is 10.1 Å². The number of nitrogens with zero attached hydrogens (tertiary/aromatic N) is 2. The fourth-order valence-electron chi connectivity index (χ4n) is 1.90. The van der Waals surface area contributed by atoms with E-state index in [1.807, 2.05) is 19.1 Å². The highest BCUT2D eigenvalue weighted by Crippen LogP contribution is 2.19. The zero-order valence-corrected chi connectivity index (χ0v) is 11.6. The van der Waals surface area contributed by atoms with Gasteiger partial charge in [0.1, 0.15) is 17.9 Å². The highest BCUT2D eigenvalue weighted by atomic mass is 16.5. The number of H-pyrrole nitrogens is 1. The Balaban J connectivity index is 1.87. The molecule has 1 aromatic heterocycles. The SMILES string of the molecule is COc1ccc(C)cc1C(=O)NCCCc1ncn[nH]1. The van der Waals surface area contributed by atoms with Gasteiger partial charge in [-0.1, -0.05) is 11.6 Å². The minimum absolute atomic E-state index is 0.122. The quantitative estimate of drug-likeness (QED) is 0.782. The monoisotopic (exact) mass is 274 g/mol. The molecular formula is C14H18N4O2. The van der Waals surface area contributed by atoms with Crippen LogP contribution in [0.5, 0.6) is 5.75 Å². The molecule has 0 bridgehead atoms. The smallest absolute Gasteiger partial charge is 0.255 e. The molecule has 6 heteroatoms. The van der Waals surface area contributed by atoms with Gasteiger partial charge >= 0.3 is 0 Å². The first-order valence-corrected chi connectivity index (χ1v) is 6.48. The predicted octanol–water partition coefficient (Wildman–Crippen LogP) is 1.48. The van der Waals surface area contributed by atoms with Gasteiger partial charge in [0.2, 0.25) is 0 Å². The van der Waals surface area contributed by atoms with Gasteiger partial charge in [-0.25, -0.2) is 4.98 Å². The van der Waals surface area contributed by atoms with Crippen molar-refractivity contribution in [2.75, 3.05) is 13.7 Å². The van der Waals surface area contributed by atoms with Gasteiger partial charge in [0.15, 0.2) is 0 Å². The topological polar surface area (TPSA) is 79.9 Å². The minimum atomic E-state index is -0.122. The molecule has 20 heavy (non-hydrogen) atoms. The summed E-state index contributed by atoms with van der Waals surface area (Å²) in [5.41, 5.74) is 1.59. The van der Waals surface area contributed by atoms with Crippen LogP contribution in [-0.4, -0.2) is 34.7 Å². The molecule has 0 aliphatic carbocycles. The molecule has 0 atom stereocenters. The lowest BCUT2D eigenvalue weighted by molar-refractivity contribution is 0.0950. The summed E-state index contributed by atoms with van der Waals surface area (Å²) < 4.78 is 5.20. The second kappa shape index (κ2) is 6.70. The molecule has 0 radical (unpaired) electrons. The van der Waals surface area contributed by atoms with Gasteiger partial charge in [0.05, 0.1) is 12.7 Å². The van der Waals surface area contributed by atoms with Crippen molar-refractivity contribution in [1.29, 1.82) is 0 Å². The maximum absolute atomic E-state index is 12.1. The van der Waals surface area contributed by atoms with Crippen molar-refractivity contribution in [2.24, 2.45) is 0 Å². The Labute approximate surface area is 117 Å². The average Bonchev–Trinajstić information content (AvgIpc) is 2.96. The number of amides is 1. The van der Waals surface area contributed by atoms with Gasteiger partial charge < -0.3 is 10.1 Å². The third kappa shape index (κ3) is 3.57. The number of hydrogen-bond acceptors (Lipinski definition) is 4. The summed E-state index contributed by atoms with van der Waals surface area (Å²) >= 11 is 0. The Bertz CT molecular complexity index is 567. The highest BCUT2D eigenvalue weighted by molar-refractivity contribution is 5.97. The van der Waals surface area contributed by atoms with E-state index in [0.717, 1.165) is 24.2 Å². The van der Waals surface area contributed by atoms with E-state index in [1.54, 1.807) is 13.2 Å². The van der Waals surface area contributed by atoms with Crippen molar-refractivity contribution in [3.63, 3.8) is 0 Å². The summed E-state index contributed by atoms with van der Waals surface area (Å²) in [5.74, 6) is 1.29. The molecule has 2 aromatic rings. The number of carbonyl (C=O) groups is 1. The van der Waals surface area contributed by atoms with E-state index in [4.69, 9.17) is 4.74 Å².